The van der Waals surface area contributed by atoms with Crippen molar-refractivity contribution in [3.8, 4) is 0 Å². The Kier molecular flexibility index (Phi) is 4.04. The number of nitrogens with zero attached hydrogens (tertiary/aromatic N) is 1. The summed E-state index contributed by atoms with van der Waals surface area (Å²) in [5, 5.41) is 9.50. The van der Waals surface area contributed by atoms with E-state index in [0.29, 0.717) is 12.8 Å². The van der Waals surface area contributed by atoms with Gasteiger partial charge in [-0.3, -0.25) is 14.5 Å². The van der Waals surface area contributed by atoms with Crippen LogP contribution in [-0.2, 0) is 14.3 Å². The van der Waals surface area contributed by atoms with Crippen molar-refractivity contribution in [3.63, 3.8) is 0 Å². The zero-order valence-corrected chi connectivity index (χ0v) is 10.0. The van der Waals surface area contributed by atoms with Gasteiger partial charge in [-0.15, -0.1) is 0 Å². The van der Waals surface area contributed by atoms with E-state index in [0.717, 1.165) is 4.90 Å². The highest BCUT2D eigenvalue weighted by Gasteiger charge is 2.37. The molecule has 0 aromatic carbocycles. The van der Waals surface area contributed by atoms with Crippen molar-refractivity contribution < 1.29 is 19.4 Å². The van der Waals surface area contributed by atoms with Gasteiger partial charge >= 0.3 is 0 Å². The first-order valence-corrected chi connectivity index (χ1v) is 5.36. The summed E-state index contributed by atoms with van der Waals surface area (Å²) in [7, 11) is 1.46. The minimum atomic E-state index is -0.806. The maximum atomic E-state index is 11.7. The second-order valence-corrected chi connectivity index (χ2v) is 5.03. The lowest BCUT2D eigenvalue weighted by Crippen LogP contribution is -2.49. The third kappa shape index (κ3) is 3.28. The molecule has 16 heavy (non-hydrogen) atoms. The molecule has 1 aliphatic heterocycles. The molecule has 0 saturated carbocycles. The van der Waals surface area contributed by atoms with Crippen LogP contribution in [0.1, 0.15) is 26.7 Å². The van der Waals surface area contributed by atoms with Gasteiger partial charge in [-0.2, -0.15) is 0 Å². The molecule has 2 amide bonds. The fourth-order valence-electron chi connectivity index (χ4n) is 1.87. The van der Waals surface area contributed by atoms with Gasteiger partial charge in [0.05, 0.1) is 19.3 Å². The van der Waals surface area contributed by atoms with Crippen LogP contribution in [0.5, 0.6) is 0 Å². The zero-order chi connectivity index (χ0) is 12.3. The Hall–Kier alpha value is -0.940. The second kappa shape index (κ2) is 4.93. The topological polar surface area (TPSA) is 66.8 Å². The first-order chi connectivity index (χ1) is 7.35. The monoisotopic (exact) mass is 229 g/mol. The number of amides is 2. The Morgan fingerprint density at radius 2 is 1.88 bits per heavy atom. The number of carbonyl (C=O) groups is 2. The first kappa shape index (κ1) is 13.1. The Morgan fingerprint density at radius 1 is 1.38 bits per heavy atom. The Labute approximate surface area is 95.4 Å². The average molecular weight is 229 g/mol. The number of imide groups is 1. The third-order valence-electron chi connectivity index (χ3n) is 2.61. The van der Waals surface area contributed by atoms with E-state index in [1.54, 1.807) is 0 Å². The molecule has 0 aliphatic carbocycles. The van der Waals surface area contributed by atoms with E-state index in [1.807, 2.05) is 13.8 Å². The first-order valence-electron chi connectivity index (χ1n) is 5.36. The van der Waals surface area contributed by atoms with Crippen LogP contribution in [0.2, 0.25) is 0 Å². The van der Waals surface area contributed by atoms with E-state index in [2.05, 4.69) is 0 Å². The van der Waals surface area contributed by atoms with Crippen LogP contribution in [0, 0.1) is 5.41 Å². The molecule has 1 unspecified atom stereocenters. The number of rotatable bonds is 4. The number of methoxy groups -OCH3 is 1. The van der Waals surface area contributed by atoms with E-state index < -0.39 is 6.10 Å². The van der Waals surface area contributed by atoms with E-state index >= 15 is 0 Å². The second-order valence-electron chi connectivity index (χ2n) is 5.03. The van der Waals surface area contributed by atoms with E-state index in [-0.39, 0.29) is 30.4 Å². The molecule has 1 aliphatic rings. The zero-order valence-electron chi connectivity index (χ0n) is 10.0. The minimum absolute atomic E-state index is 0.0294. The van der Waals surface area contributed by atoms with Gasteiger partial charge in [0.15, 0.2) is 0 Å². The van der Waals surface area contributed by atoms with Crippen LogP contribution in [0.15, 0.2) is 0 Å². The number of aliphatic hydroxyl groups excluding tert-OH is 1. The molecule has 1 saturated heterocycles. The van der Waals surface area contributed by atoms with Gasteiger partial charge in [0.1, 0.15) is 0 Å². The molecule has 5 nitrogen and oxygen atoms in total. The van der Waals surface area contributed by atoms with E-state index in [4.69, 9.17) is 4.74 Å². The van der Waals surface area contributed by atoms with Crippen LogP contribution in [0.25, 0.3) is 0 Å². The molecule has 0 radical (unpaired) electrons. The molecule has 0 bridgehead atoms. The Balaban J connectivity index is 2.61. The van der Waals surface area contributed by atoms with Gasteiger partial charge in [0.25, 0.3) is 0 Å². The fraction of sp³-hybridized carbons (Fsp3) is 0.818. The number of hydrogen-bond donors (Lipinski definition) is 1. The maximum absolute atomic E-state index is 11.7. The lowest BCUT2D eigenvalue weighted by molar-refractivity contribution is -0.154. The van der Waals surface area contributed by atoms with Crippen LogP contribution in [0.3, 0.4) is 0 Å². The summed E-state index contributed by atoms with van der Waals surface area (Å²) in [4.78, 5) is 24.6. The summed E-state index contributed by atoms with van der Waals surface area (Å²) in [6.45, 7) is 3.94. The normalized spacial score (nSPS) is 22.4. The van der Waals surface area contributed by atoms with Crippen LogP contribution in [0.4, 0.5) is 0 Å². The highest BCUT2D eigenvalue weighted by atomic mass is 16.5. The molecule has 1 fully saturated rings. The number of likely N-dealkylation sites (tertiary alicyclic amines) is 1. The van der Waals surface area contributed by atoms with E-state index in [9.17, 15) is 14.7 Å². The number of carbonyl (C=O) groups excluding carboxylic acids is 2. The fourth-order valence-corrected chi connectivity index (χ4v) is 1.87. The Morgan fingerprint density at radius 3 is 2.31 bits per heavy atom. The highest BCUT2D eigenvalue weighted by Crippen LogP contribution is 2.31. The molecule has 0 spiro atoms. The lowest BCUT2D eigenvalue weighted by atomic mass is 9.81. The van der Waals surface area contributed by atoms with Gasteiger partial charge in [0, 0.05) is 20.0 Å². The molecule has 1 heterocycles. The Bertz CT molecular complexity index is 268. The van der Waals surface area contributed by atoms with Gasteiger partial charge < -0.3 is 9.84 Å². The van der Waals surface area contributed by atoms with Crippen LogP contribution >= 0.6 is 0 Å². The van der Waals surface area contributed by atoms with Gasteiger partial charge in [-0.05, 0) is 5.41 Å². The third-order valence-corrected chi connectivity index (χ3v) is 2.61. The SMILES string of the molecule is COCC(O)CN1C(=O)CC(C)(C)CC1=O. The van der Waals surface area contributed by atoms with Crippen molar-refractivity contribution >= 4 is 11.8 Å². The summed E-state index contributed by atoms with van der Waals surface area (Å²) in [5.74, 6) is -0.423. The molecule has 0 aromatic rings. The van der Waals surface area contributed by atoms with Gasteiger partial charge in [-0.1, -0.05) is 13.8 Å². The van der Waals surface area contributed by atoms with Crippen molar-refractivity contribution in [1.29, 1.82) is 0 Å². The van der Waals surface area contributed by atoms with Crippen molar-refractivity contribution in [2.75, 3.05) is 20.3 Å². The molecule has 92 valence electrons. The maximum Gasteiger partial charge on any atom is 0.229 e. The lowest BCUT2D eigenvalue weighted by Gasteiger charge is -2.35. The van der Waals surface area contributed by atoms with Crippen molar-refractivity contribution in [2.24, 2.45) is 5.41 Å². The van der Waals surface area contributed by atoms with Crippen molar-refractivity contribution in [2.45, 2.75) is 32.8 Å². The van der Waals surface area contributed by atoms with Gasteiger partial charge in [0.2, 0.25) is 11.8 Å². The predicted molar refractivity (Wildman–Crippen MR) is 57.6 cm³/mol. The quantitative estimate of drug-likeness (QED) is 0.698. The number of aliphatic hydroxyl groups is 1. The van der Waals surface area contributed by atoms with Crippen LogP contribution in [-0.4, -0.2) is 48.2 Å². The molecule has 1 N–H and O–H groups in total. The van der Waals surface area contributed by atoms with Gasteiger partial charge in [-0.25, -0.2) is 0 Å². The summed E-state index contributed by atoms with van der Waals surface area (Å²) in [6.07, 6.45) is -0.115. The summed E-state index contributed by atoms with van der Waals surface area (Å²) < 4.78 is 4.76. The summed E-state index contributed by atoms with van der Waals surface area (Å²) in [5.41, 5.74) is -0.267. The molecule has 0 aromatic heterocycles. The predicted octanol–water partition coefficient (Wildman–Crippen LogP) is 0.169. The number of piperidine rings is 1. The molecule has 5 heteroatoms. The van der Waals surface area contributed by atoms with Crippen LogP contribution < -0.4 is 0 Å². The molecule has 1 atom stereocenters. The van der Waals surface area contributed by atoms with Crippen molar-refractivity contribution in [1.82, 2.24) is 4.90 Å². The molecule has 1 rings (SSSR count). The van der Waals surface area contributed by atoms with E-state index in [1.165, 1.54) is 7.11 Å². The summed E-state index contributed by atoms with van der Waals surface area (Å²) in [6, 6.07) is 0. The van der Waals surface area contributed by atoms with Crippen molar-refractivity contribution in [3.05, 3.63) is 0 Å². The molecular weight excluding hydrogens is 210 g/mol. The standard InChI is InChI=1S/C11H19NO4/c1-11(2)4-9(14)12(10(15)5-11)6-8(13)7-16-3/h8,13H,4-7H2,1-3H3. The smallest absolute Gasteiger partial charge is 0.229 e. The highest BCUT2D eigenvalue weighted by molar-refractivity contribution is 5.98. The largest absolute Gasteiger partial charge is 0.389 e. The average Bonchev–Trinajstić information content (AvgIpc) is 2.10. The summed E-state index contributed by atoms with van der Waals surface area (Å²) >= 11 is 0. The number of hydrogen-bond acceptors (Lipinski definition) is 4. The molecular formula is C11H19NO4. The number of β-amino-alcohol motifs (C(OH)–C–C–N with tert-alkyl or cyclic N) is 1. The minimum Gasteiger partial charge on any atom is -0.389 e. The number of ether oxygens (including phenoxy) is 1.